The molecule has 1 unspecified atom stereocenters. The summed E-state index contributed by atoms with van der Waals surface area (Å²) in [7, 11) is 2.06. The maximum atomic E-state index is 13.1. The number of amides is 2. The SMILES string of the molecule is CN1CCN(C(=O)CCC(=O)N(CCC#N)c2ccccc2)C(c2ccccc2)C1. The summed E-state index contributed by atoms with van der Waals surface area (Å²) in [5.74, 6) is -0.131. The van der Waals surface area contributed by atoms with Crippen LogP contribution in [-0.4, -0.2) is 54.8 Å². The van der Waals surface area contributed by atoms with Crippen molar-refractivity contribution in [3.05, 3.63) is 66.2 Å². The van der Waals surface area contributed by atoms with E-state index < -0.39 is 0 Å². The summed E-state index contributed by atoms with van der Waals surface area (Å²) in [6, 6.07) is 21.5. The van der Waals surface area contributed by atoms with Gasteiger partial charge in [0.05, 0.1) is 18.5 Å². The first-order valence-corrected chi connectivity index (χ1v) is 10.4. The number of rotatable bonds is 7. The van der Waals surface area contributed by atoms with E-state index in [-0.39, 0.29) is 37.1 Å². The van der Waals surface area contributed by atoms with Gasteiger partial charge in [0.2, 0.25) is 11.8 Å². The molecule has 0 saturated carbocycles. The van der Waals surface area contributed by atoms with Gasteiger partial charge in [0.25, 0.3) is 0 Å². The molecule has 1 atom stereocenters. The molecule has 0 aromatic heterocycles. The summed E-state index contributed by atoms with van der Waals surface area (Å²) in [6.45, 7) is 2.58. The highest BCUT2D eigenvalue weighted by molar-refractivity contribution is 5.95. The first-order valence-electron chi connectivity index (χ1n) is 10.4. The van der Waals surface area contributed by atoms with Gasteiger partial charge in [-0.15, -0.1) is 0 Å². The van der Waals surface area contributed by atoms with E-state index in [1.807, 2.05) is 65.6 Å². The van der Waals surface area contributed by atoms with Crippen LogP contribution in [0.5, 0.6) is 0 Å². The first kappa shape index (κ1) is 21.5. The van der Waals surface area contributed by atoms with Crippen molar-refractivity contribution in [1.82, 2.24) is 9.80 Å². The number of hydrogen-bond donors (Lipinski definition) is 0. The second-order valence-electron chi connectivity index (χ2n) is 7.56. The smallest absolute Gasteiger partial charge is 0.227 e. The Morgan fingerprint density at radius 3 is 2.37 bits per heavy atom. The van der Waals surface area contributed by atoms with Gasteiger partial charge in [-0.05, 0) is 24.7 Å². The highest BCUT2D eigenvalue weighted by Crippen LogP contribution is 2.26. The van der Waals surface area contributed by atoms with Gasteiger partial charge in [-0.1, -0.05) is 48.5 Å². The minimum Gasteiger partial charge on any atom is -0.333 e. The molecule has 1 fully saturated rings. The number of nitrogens with zero attached hydrogens (tertiary/aromatic N) is 4. The van der Waals surface area contributed by atoms with Crippen LogP contribution in [0.3, 0.4) is 0 Å². The Hall–Kier alpha value is -3.17. The Kier molecular flexibility index (Phi) is 7.58. The number of para-hydroxylation sites is 1. The average molecular weight is 405 g/mol. The second-order valence-corrected chi connectivity index (χ2v) is 7.56. The summed E-state index contributed by atoms with van der Waals surface area (Å²) < 4.78 is 0. The van der Waals surface area contributed by atoms with Crippen LogP contribution >= 0.6 is 0 Å². The van der Waals surface area contributed by atoms with E-state index in [1.54, 1.807) is 4.90 Å². The summed E-state index contributed by atoms with van der Waals surface area (Å²) >= 11 is 0. The minimum atomic E-state index is -0.129. The molecule has 0 spiro atoms. The number of carbonyl (C=O) groups is 2. The largest absolute Gasteiger partial charge is 0.333 e. The molecule has 1 saturated heterocycles. The van der Waals surface area contributed by atoms with Crippen LogP contribution in [0.4, 0.5) is 5.69 Å². The van der Waals surface area contributed by atoms with Gasteiger partial charge in [-0.2, -0.15) is 5.26 Å². The second kappa shape index (κ2) is 10.6. The van der Waals surface area contributed by atoms with E-state index in [4.69, 9.17) is 5.26 Å². The van der Waals surface area contributed by atoms with Gasteiger partial charge in [-0.25, -0.2) is 0 Å². The average Bonchev–Trinajstić information content (AvgIpc) is 2.79. The fourth-order valence-corrected chi connectivity index (χ4v) is 3.84. The zero-order valence-electron chi connectivity index (χ0n) is 17.4. The third-order valence-corrected chi connectivity index (χ3v) is 5.46. The molecule has 3 rings (SSSR count). The molecule has 0 N–H and O–H groups in total. The molecule has 6 heteroatoms. The minimum absolute atomic E-state index is 0.00130. The van der Waals surface area contributed by atoms with Gasteiger partial charge in [0, 0.05) is 44.7 Å². The first-order chi connectivity index (χ1) is 14.6. The molecule has 0 aliphatic carbocycles. The molecule has 156 valence electrons. The van der Waals surface area contributed by atoms with Crippen LogP contribution in [0.2, 0.25) is 0 Å². The van der Waals surface area contributed by atoms with Crippen LogP contribution in [-0.2, 0) is 9.59 Å². The van der Waals surface area contributed by atoms with Crippen molar-refractivity contribution in [2.24, 2.45) is 0 Å². The monoisotopic (exact) mass is 404 g/mol. The molecule has 2 aromatic rings. The predicted molar refractivity (Wildman–Crippen MR) is 117 cm³/mol. The van der Waals surface area contributed by atoms with Gasteiger partial charge in [0.15, 0.2) is 0 Å². The number of nitriles is 1. The van der Waals surface area contributed by atoms with Crippen molar-refractivity contribution in [1.29, 1.82) is 5.26 Å². The highest BCUT2D eigenvalue weighted by atomic mass is 16.2. The Morgan fingerprint density at radius 1 is 1.03 bits per heavy atom. The highest BCUT2D eigenvalue weighted by Gasteiger charge is 2.30. The fraction of sp³-hybridized carbons (Fsp3) is 0.375. The van der Waals surface area contributed by atoms with E-state index >= 15 is 0 Å². The van der Waals surface area contributed by atoms with Crippen molar-refractivity contribution in [3.63, 3.8) is 0 Å². The van der Waals surface area contributed by atoms with Gasteiger partial charge >= 0.3 is 0 Å². The van der Waals surface area contributed by atoms with Crippen LogP contribution in [0.1, 0.15) is 30.9 Å². The van der Waals surface area contributed by atoms with Crippen LogP contribution < -0.4 is 4.90 Å². The predicted octanol–water partition coefficient (Wildman–Crippen LogP) is 3.23. The standard InChI is InChI=1S/C24H28N4O2/c1-26-17-18-28(22(19-26)20-9-4-2-5-10-20)24(30)14-13-23(29)27(16-8-15-25)21-11-6-3-7-12-21/h2-7,9-12,22H,8,13-14,16-19H2,1H3. The quantitative estimate of drug-likeness (QED) is 0.711. The molecule has 0 bridgehead atoms. The Bertz CT molecular complexity index is 879. The normalized spacial score (nSPS) is 16.7. The zero-order chi connectivity index (χ0) is 21.3. The summed E-state index contributed by atoms with van der Waals surface area (Å²) in [5.41, 5.74) is 1.87. The van der Waals surface area contributed by atoms with E-state index in [9.17, 15) is 9.59 Å². The van der Waals surface area contributed by atoms with Gasteiger partial charge < -0.3 is 14.7 Å². The summed E-state index contributed by atoms with van der Waals surface area (Å²) in [5, 5.41) is 8.94. The van der Waals surface area contributed by atoms with Gasteiger partial charge in [0.1, 0.15) is 0 Å². The third-order valence-electron chi connectivity index (χ3n) is 5.46. The lowest BCUT2D eigenvalue weighted by Crippen LogP contribution is -2.49. The number of benzene rings is 2. The third kappa shape index (κ3) is 5.46. The molecule has 30 heavy (non-hydrogen) atoms. The molecule has 2 aromatic carbocycles. The molecule has 1 heterocycles. The van der Waals surface area contributed by atoms with Crippen molar-refractivity contribution in [2.45, 2.75) is 25.3 Å². The lowest BCUT2D eigenvalue weighted by molar-refractivity contribution is -0.137. The topological polar surface area (TPSA) is 67.7 Å². The van der Waals surface area contributed by atoms with Crippen LogP contribution in [0.25, 0.3) is 0 Å². The number of likely N-dealkylation sites (N-methyl/N-ethyl adjacent to an activating group) is 1. The molecule has 1 aliphatic rings. The van der Waals surface area contributed by atoms with Crippen LogP contribution in [0, 0.1) is 11.3 Å². The van der Waals surface area contributed by atoms with Crippen molar-refractivity contribution in [3.8, 4) is 6.07 Å². The maximum absolute atomic E-state index is 13.1. The number of piperazine rings is 1. The molecule has 6 nitrogen and oxygen atoms in total. The van der Waals surface area contributed by atoms with E-state index in [1.165, 1.54) is 0 Å². The molecule has 2 amide bonds. The van der Waals surface area contributed by atoms with Crippen LogP contribution in [0.15, 0.2) is 60.7 Å². The van der Waals surface area contributed by atoms with Gasteiger partial charge in [-0.3, -0.25) is 9.59 Å². The molecular formula is C24H28N4O2. The van der Waals surface area contributed by atoms with Crippen molar-refractivity contribution in [2.75, 3.05) is 38.1 Å². The molecular weight excluding hydrogens is 376 g/mol. The lowest BCUT2D eigenvalue weighted by Gasteiger charge is -2.40. The number of anilines is 1. The summed E-state index contributed by atoms with van der Waals surface area (Å²) in [4.78, 5) is 31.7. The maximum Gasteiger partial charge on any atom is 0.227 e. The van der Waals surface area contributed by atoms with Crippen molar-refractivity contribution < 1.29 is 9.59 Å². The fourth-order valence-electron chi connectivity index (χ4n) is 3.84. The summed E-state index contributed by atoms with van der Waals surface area (Å²) in [6.07, 6.45) is 0.553. The Labute approximate surface area is 178 Å². The van der Waals surface area contributed by atoms with E-state index in [2.05, 4.69) is 18.0 Å². The van der Waals surface area contributed by atoms with E-state index in [0.717, 1.165) is 24.3 Å². The number of hydrogen-bond acceptors (Lipinski definition) is 4. The number of carbonyl (C=O) groups excluding carboxylic acids is 2. The Morgan fingerprint density at radius 2 is 1.70 bits per heavy atom. The van der Waals surface area contributed by atoms with E-state index in [0.29, 0.717) is 13.1 Å². The Balaban J connectivity index is 1.66. The van der Waals surface area contributed by atoms with Crippen molar-refractivity contribution >= 4 is 17.5 Å². The molecule has 1 aliphatic heterocycles. The molecule has 0 radical (unpaired) electrons. The lowest BCUT2D eigenvalue weighted by atomic mass is 10.0. The zero-order valence-corrected chi connectivity index (χ0v) is 17.4.